The summed E-state index contributed by atoms with van der Waals surface area (Å²) in [4.78, 5) is 10.6. The quantitative estimate of drug-likeness (QED) is 0.813. The molecule has 10 heteroatoms. The second kappa shape index (κ2) is 6.24. The molecule has 0 saturated heterocycles. The maximum absolute atomic E-state index is 12.2. The Balaban J connectivity index is 2.21. The van der Waals surface area contributed by atoms with Gasteiger partial charge in [0.1, 0.15) is 11.5 Å². The van der Waals surface area contributed by atoms with Crippen LogP contribution in [0.25, 0.3) is 0 Å². The zero-order valence-electron chi connectivity index (χ0n) is 11.4. The monoisotopic (exact) mass is 345 g/mol. The van der Waals surface area contributed by atoms with Gasteiger partial charge in [-0.3, -0.25) is 9.52 Å². The number of aromatic nitrogens is 1. The third kappa shape index (κ3) is 3.89. The number of rotatable bonds is 6. The highest BCUT2D eigenvalue weighted by Gasteiger charge is 2.18. The van der Waals surface area contributed by atoms with E-state index in [1.54, 1.807) is 6.92 Å². The number of hydrogen-bond donors (Lipinski definition) is 2. The summed E-state index contributed by atoms with van der Waals surface area (Å²) in [6.45, 7) is 1.27. The fourth-order valence-electron chi connectivity index (χ4n) is 1.53. The Labute approximate surface area is 131 Å². The number of ether oxygens (including phenoxy) is 1. The minimum atomic E-state index is -3.87. The second-order valence-corrected chi connectivity index (χ2v) is 6.37. The van der Waals surface area contributed by atoms with Crippen LogP contribution in [0.3, 0.4) is 0 Å². The Morgan fingerprint density at radius 2 is 2.18 bits per heavy atom. The van der Waals surface area contributed by atoms with Gasteiger partial charge >= 0.3 is 0 Å². The first-order valence-corrected chi connectivity index (χ1v) is 7.81. The number of nitrogens with zero attached hydrogens (tertiary/aromatic N) is 1. The summed E-state index contributed by atoms with van der Waals surface area (Å²) in [6, 6.07) is 5.22. The molecule has 0 aliphatic carbocycles. The van der Waals surface area contributed by atoms with Gasteiger partial charge < -0.3 is 15.0 Å². The molecule has 0 fully saturated rings. The molecule has 8 nitrogen and oxygen atoms in total. The molecule has 1 heterocycles. The largest absolute Gasteiger partial charge is 0.482 e. The van der Waals surface area contributed by atoms with Crippen molar-refractivity contribution in [3.05, 3.63) is 35.0 Å². The predicted octanol–water partition coefficient (Wildman–Crippen LogP) is 1.30. The van der Waals surface area contributed by atoms with Gasteiger partial charge in [0, 0.05) is 6.07 Å². The summed E-state index contributed by atoms with van der Waals surface area (Å²) < 4.78 is 36.4. The minimum Gasteiger partial charge on any atom is -0.482 e. The first kappa shape index (κ1) is 16.1. The van der Waals surface area contributed by atoms with Crippen LogP contribution in [0.2, 0.25) is 5.02 Å². The lowest BCUT2D eigenvalue weighted by molar-refractivity contribution is -0.119. The standard InChI is InChI=1S/C12H12ClN3O5S/c1-7-4-12(15-21-7)16-22(18,19)8-2-3-10(9(13)5-8)20-6-11(14)17/h2-5H,6H2,1H3,(H2,14,17)(H,15,16). The molecule has 0 radical (unpaired) electrons. The smallest absolute Gasteiger partial charge is 0.263 e. The molecule has 0 bridgehead atoms. The number of amides is 1. The minimum absolute atomic E-state index is 0.0282. The molecule has 0 saturated carbocycles. The Kier molecular flexibility index (Phi) is 4.57. The molecular formula is C12H12ClN3O5S. The van der Waals surface area contributed by atoms with Crippen molar-refractivity contribution in [2.45, 2.75) is 11.8 Å². The number of benzene rings is 1. The van der Waals surface area contributed by atoms with Gasteiger partial charge in [-0.05, 0) is 25.1 Å². The topological polar surface area (TPSA) is 125 Å². The molecule has 0 aliphatic rings. The van der Waals surface area contributed by atoms with Gasteiger partial charge in [-0.25, -0.2) is 8.42 Å². The lowest BCUT2D eigenvalue weighted by atomic mass is 10.3. The molecule has 0 spiro atoms. The van der Waals surface area contributed by atoms with E-state index in [9.17, 15) is 13.2 Å². The van der Waals surface area contributed by atoms with Crippen LogP contribution in [0.5, 0.6) is 5.75 Å². The number of nitrogens with one attached hydrogen (secondary N) is 1. The van der Waals surface area contributed by atoms with Crippen LogP contribution in [-0.4, -0.2) is 26.1 Å². The van der Waals surface area contributed by atoms with Crippen molar-refractivity contribution in [1.29, 1.82) is 0 Å². The molecular weight excluding hydrogens is 334 g/mol. The van der Waals surface area contributed by atoms with Gasteiger partial charge in [-0.1, -0.05) is 16.8 Å². The SMILES string of the molecule is Cc1cc(NS(=O)(=O)c2ccc(OCC(N)=O)c(Cl)c2)no1. The number of primary amides is 1. The molecule has 22 heavy (non-hydrogen) atoms. The van der Waals surface area contributed by atoms with Crippen molar-refractivity contribution in [3.63, 3.8) is 0 Å². The number of aryl methyl sites for hydroxylation is 1. The van der Waals surface area contributed by atoms with E-state index in [0.29, 0.717) is 5.76 Å². The summed E-state index contributed by atoms with van der Waals surface area (Å²) in [5.74, 6) is 0.00106. The van der Waals surface area contributed by atoms with E-state index in [1.807, 2.05) is 0 Å². The maximum atomic E-state index is 12.2. The number of carbonyl (C=O) groups is 1. The first-order chi connectivity index (χ1) is 10.3. The van der Waals surface area contributed by atoms with Crippen LogP contribution >= 0.6 is 11.6 Å². The van der Waals surface area contributed by atoms with E-state index in [1.165, 1.54) is 24.3 Å². The predicted molar refractivity (Wildman–Crippen MR) is 78.2 cm³/mol. The third-order valence-corrected chi connectivity index (χ3v) is 4.10. The van der Waals surface area contributed by atoms with E-state index < -0.39 is 15.9 Å². The van der Waals surface area contributed by atoms with Crippen LogP contribution in [0.4, 0.5) is 5.82 Å². The van der Waals surface area contributed by atoms with Crippen molar-refractivity contribution >= 4 is 33.3 Å². The number of carbonyl (C=O) groups excluding carboxylic acids is 1. The number of halogens is 1. The van der Waals surface area contributed by atoms with Crippen molar-refractivity contribution in [2.75, 3.05) is 11.3 Å². The van der Waals surface area contributed by atoms with Crippen molar-refractivity contribution in [2.24, 2.45) is 5.73 Å². The van der Waals surface area contributed by atoms with E-state index in [-0.39, 0.29) is 28.1 Å². The molecule has 1 amide bonds. The number of sulfonamides is 1. The average molecular weight is 346 g/mol. The maximum Gasteiger partial charge on any atom is 0.263 e. The van der Waals surface area contributed by atoms with E-state index in [4.69, 9.17) is 26.6 Å². The summed E-state index contributed by atoms with van der Waals surface area (Å²) >= 11 is 5.92. The number of hydrogen-bond acceptors (Lipinski definition) is 6. The summed E-state index contributed by atoms with van der Waals surface area (Å²) in [5.41, 5.74) is 4.95. The van der Waals surface area contributed by atoms with Crippen molar-refractivity contribution in [1.82, 2.24) is 5.16 Å². The van der Waals surface area contributed by atoms with Gasteiger partial charge in [-0.2, -0.15) is 0 Å². The first-order valence-electron chi connectivity index (χ1n) is 5.95. The Morgan fingerprint density at radius 1 is 1.45 bits per heavy atom. The van der Waals surface area contributed by atoms with Crippen LogP contribution in [0.1, 0.15) is 5.76 Å². The third-order valence-electron chi connectivity index (χ3n) is 2.45. The van der Waals surface area contributed by atoms with E-state index in [0.717, 1.165) is 0 Å². The highest BCUT2D eigenvalue weighted by atomic mass is 35.5. The van der Waals surface area contributed by atoms with Crippen LogP contribution in [0, 0.1) is 6.92 Å². The van der Waals surface area contributed by atoms with Crippen LogP contribution < -0.4 is 15.2 Å². The van der Waals surface area contributed by atoms with Gasteiger partial charge in [-0.15, -0.1) is 0 Å². The molecule has 118 valence electrons. The van der Waals surface area contributed by atoms with E-state index >= 15 is 0 Å². The average Bonchev–Trinajstić information content (AvgIpc) is 2.81. The molecule has 0 atom stereocenters. The molecule has 0 aliphatic heterocycles. The molecule has 1 aromatic heterocycles. The molecule has 3 N–H and O–H groups in total. The normalized spacial score (nSPS) is 11.2. The van der Waals surface area contributed by atoms with Gasteiger partial charge in [0.25, 0.3) is 15.9 Å². The summed E-state index contributed by atoms with van der Waals surface area (Å²) in [5, 5.41) is 3.57. The highest BCUT2D eigenvalue weighted by molar-refractivity contribution is 7.92. The highest BCUT2D eigenvalue weighted by Crippen LogP contribution is 2.28. The fourth-order valence-corrected chi connectivity index (χ4v) is 2.84. The molecule has 0 unspecified atom stereocenters. The summed E-state index contributed by atoms with van der Waals surface area (Å²) in [7, 11) is -3.87. The Hall–Kier alpha value is -2.26. The van der Waals surface area contributed by atoms with Gasteiger partial charge in [0.05, 0.1) is 9.92 Å². The van der Waals surface area contributed by atoms with E-state index in [2.05, 4.69) is 9.88 Å². The van der Waals surface area contributed by atoms with Gasteiger partial charge in [0.15, 0.2) is 12.4 Å². The molecule has 2 rings (SSSR count). The number of nitrogens with two attached hydrogens (primary N) is 1. The molecule has 1 aromatic carbocycles. The van der Waals surface area contributed by atoms with Crippen molar-refractivity contribution < 1.29 is 22.5 Å². The Bertz CT molecular complexity index is 803. The van der Waals surface area contributed by atoms with Crippen LogP contribution in [-0.2, 0) is 14.8 Å². The van der Waals surface area contributed by atoms with Crippen molar-refractivity contribution in [3.8, 4) is 5.75 Å². The molecule has 2 aromatic rings. The fraction of sp³-hybridized carbons (Fsp3) is 0.167. The zero-order chi connectivity index (χ0) is 16.3. The lowest BCUT2D eigenvalue weighted by Gasteiger charge is -2.09. The lowest BCUT2D eigenvalue weighted by Crippen LogP contribution is -2.20. The number of anilines is 1. The van der Waals surface area contributed by atoms with Crippen LogP contribution in [0.15, 0.2) is 33.7 Å². The zero-order valence-corrected chi connectivity index (χ0v) is 12.9. The summed E-state index contributed by atoms with van der Waals surface area (Å²) in [6.07, 6.45) is 0. The Morgan fingerprint density at radius 3 is 2.73 bits per heavy atom. The second-order valence-electron chi connectivity index (χ2n) is 4.28. The van der Waals surface area contributed by atoms with Gasteiger partial charge in [0.2, 0.25) is 0 Å².